The zero-order chi connectivity index (χ0) is 26.7. The van der Waals surface area contributed by atoms with Crippen LogP contribution in [0.4, 0.5) is 17.6 Å². The fourth-order valence-electron chi connectivity index (χ4n) is 5.22. The first-order valence-electron chi connectivity index (χ1n) is 11.8. The predicted molar refractivity (Wildman–Crippen MR) is 131 cm³/mol. The number of benzene rings is 3. The molecule has 1 heterocycles. The Hall–Kier alpha value is -3.59. The largest absolute Gasteiger partial charge is 0.493 e. The first kappa shape index (κ1) is 26.5. The van der Waals surface area contributed by atoms with Gasteiger partial charge in [0, 0.05) is 12.6 Å². The van der Waals surface area contributed by atoms with Gasteiger partial charge in [0.2, 0.25) is 5.91 Å². The molecule has 0 aliphatic carbocycles. The summed E-state index contributed by atoms with van der Waals surface area (Å²) in [6.45, 7) is 0.435. The summed E-state index contributed by atoms with van der Waals surface area (Å²) in [7, 11) is 3.02. The highest BCUT2D eigenvalue weighted by atomic mass is 19.4. The summed E-state index contributed by atoms with van der Waals surface area (Å²) >= 11 is 0. The molecule has 2 atom stereocenters. The number of methoxy groups -OCH3 is 2. The van der Waals surface area contributed by atoms with Crippen LogP contribution < -0.4 is 15.2 Å². The Morgan fingerprint density at radius 3 is 2.35 bits per heavy atom. The average Bonchev–Trinajstić information content (AvgIpc) is 2.86. The molecule has 0 saturated carbocycles. The third-order valence-electron chi connectivity index (χ3n) is 6.83. The molecule has 196 valence electrons. The van der Waals surface area contributed by atoms with Gasteiger partial charge in [-0.2, -0.15) is 13.2 Å². The minimum atomic E-state index is -4.83. The summed E-state index contributed by atoms with van der Waals surface area (Å²) in [4.78, 5) is 14.6. The Morgan fingerprint density at radius 2 is 1.73 bits per heavy atom. The molecular weight excluding hydrogens is 488 g/mol. The lowest BCUT2D eigenvalue weighted by Gasteiger charge is -2.42. The fourth-order valence-corrected chi connectivity index (χ4v) is 5.22. The monoisotopic (exact) mass is 516 g/mol. The Bertz CT molecular complexity index is 1260. The molecule has 2 N–H and O–H groups in total. The average molecular weight is 517 g/mol. The summed E-state index contributed by atoms with van der Waals surface area (Å²) in [6, 6.07) is 14.7. The SMILES string of the molecule is COc1cc2c(cc1OC)C(CCc1cccc(F)c1C(F)(F)F)N(C(C(N)=O)c1ccccc1)CC2. The van der Waals surface area contributed by atoms with Crippen molar-refractivity contribution < 1.29 is 31.8 Å². The van der Waals surface area contributed by atoms with E-state index in [1.807, 2.05) is 17.0 Å². The maximum atomic E-state index is 14.2. The number of halogens is 4. The van der Waals surface area contributed by atoms with Crippen LogP contribution in [0.5, 0.6) is 11.5 Å². The molecule has 4 rings (SSSR count). The number of primary amides is 1. The topological polar surface area (TPSA) is 64.8 Å². The number of hydrogen-bond acceptors (Lipinski definition) is 4. The second kappa shape index (κ2) is 10.8. The molecule has 3 aromatic rings. The van der Waals surface area contributed by atoms with Gasteiger partial charge in [0.1, 0.15) is 11.9 Å². The lowest BCUT2D eigenvalue weighted by molar-refractivity contribution is -0.140. The van der Waals surface area contributed by atoms with Crippen LogP contribution in [0.3, 0.4) is 0 Å². The molecule has 0 aromatic heterocycles. The van der Waals surface area contributed by atoms with Gasteiger partial charge in [0.25, 0.3) is 0 Å². The highest BCUT2D eigenvalue weighted by Gasteiger charge is 2.39. The highest BCUT2D eigenvalue weighted by Crippen LogP contribution is 2.44. The van der Waals surface area contributed by atoms with Gasteiger partial charge in [-0.05, 0) is 59.7 Å². The molecule has 1 amide bonds. The summed E-state index contributed by atoms with van der Waals surface area (Å²) in [6.07, 6.45) is -4.15. The van der Waals surface area contributed by atoms with Crippen molar-refractivity contribution >= 4 is 5.91 Å². The van der Waals surface area contributed by atoms with Crippen molar-refractivity contribution in [2.24, 2.45) is 5.73 Å². The minimum Gasteiger partial charge on any atom is -0.493 e. The van der Waals surface area contributed by atoms with Gasteiger partial charge in [-0.15, -0.1) is 0 Å². The lowest BCUT2D eigenvalue weighted by atomic mass is 9.85. The van der Waals surface area contributed by atoms with Crippen LogP contribution in [0.15, 0.2) is 60.7 Å². The molecule has 0 saturated heterocycles. The summed E-state index contributed by atoms with van der Waals surface area (Å²) in [5.41, 5.74) is 6.88. The standard InChI is InChI=1S/C28H28F4N2O3/c1-36-23-15-19-13-14-34(26(27(33)35)18-7-4-3-5-8-18)22(20(19)16-24(23)37-2)12-11-17-9-6-10-21(29)25(17)28(30,31)32/h3-10,15-16,22,26H,11-14H2,1-2H3,(H2,33,35). The van der Waals surface area contributed by atoms with E-state index >= 15 is 0 Å². The van der Waals surface area contributed by atoms with Crippen LogP contribution in [0, 0.1) is 5.82 Å². The number of amides is 1. The van der Waals surface area contributed by atoms with Gasteiger partial charge in [-0.3, -0.25) is 9.69 Å². The van der Waals surface area contributed by atoms with E-state index in [0.717, 1.165) is 17.2 Å². The van der Waals surface area contributed by atoms with Crippen molar-refractivity contribution in [1.82, 2.24) is 4.90 Å². The van der Waals surface area contributed by atoms with E-state index in [-0.39, 0.29) is 18.4 Å². The number of fused-ring (bicyclic) bond motifs is 1. The van der Waals surface area contributed by atoms with Gasteiger partial charge in [0.05, 0.1) is 19.8 Å². The van der Waals surface area contributed by atoms with E-state index in [1.54, 1.807) is 30.3 Å². The van der Waals surface area contributed by atoms with E-state index in [2.05, 4.69) is 0 Å². The number of carbonyl (C=O) groups excluding carboxylic acids is 1. The maximum absolute atomic E-state index is 14.2. The van der Waals surface area contributed by atoms with Gasteiger partial charge >= 0.3 is 6.18 Å². The van der Waals surface area contributed by atoms with Crippen LogP contribution in [-0.2, 0) is 23.8 Å². The van der Waals surface area contributed by atoms with Crippen molar-refractivity contribution in [3.05, 3.63) is 94.3 Å². The van der Waals surface area contributed by atoms with Crippen LogP contribution in [0.1, 0.15) is 46.3 Å². The van der Waals surface area contributed by atoms with Gasteiger partial charge in [0.15, 0.2) is 11.5 Å². The predicted octanol–water partition coefficient (Wildman–Crippen LogP) is 5.62. The Kier molecular flexibility index (Phi) is 7.73. The van der Waals surface area contributed by atoms with Crippen LogP contribution in [0.2, 0.25) is 0 Å². The number of hydrogen-bond donors (Lipinski definition) is 1. The van der Waals surface area contributed by atoms with Crippen LogP contribution >= 0.6 is 0 Å². The maximum Gasteiger partial charge on any atom is 0.419 e. The smallest absolute Gasteiger partial charge is 0.419 e. The van der Waals surface area contributed by atoms with Gasteiger partial charge in [-0.1, -0.05) is 42.5 Å². The van der Waals surface area contributed by atoms with Crippen molar-refractivity contribution in [1.29, 1.82) is 0 Å². The molecule has 1 aliphatic rings. The summed E-state index contributed by atoms with van der Waals surface area (Å²) in [5, 5.41) is 0. The molecule has 3 aromatic carbocycles. The lowest BCUT2D eigenvalue weighted by Crippen LogP contribution is -2.44. The van der Waals surface area contributed by atoms with E-state index in [9.17, 15) is 22.4 Å². The van der Waals surface area contributed by atoms with Crippen LogP contribution in [-0.4, -0.2) is 31.6 Å². The number of ether oxygens (including phenoxy) is 2. The van der Waals surface area contributed by atoms with Crippen molar-refractivity contribution in [2.75, 3.05) is 20.8 Å². The van der Waals surface area contributed by atoms with Crippen molar-refractivity contribution in [2.45, 2.75) is 37.5 Å². The molecule has 1 aliphatic heterocycles. The molecule has 2 unspecified atom stereocenters. The molecule has 0 radical (unpaired) electrons. The normalized spacial score (nSPS) is 16.6. The quantitative estimate of drug-likeness (QED) is 0.395. The molecule has 0 fully saturated rings. The minimum absolute atomic E-state index is 0.0676. The number of aryl methyl sites for hydroxylation is 1. The Balaban J connectivity index is 1.80. The Morgan fingerprint density at radius 1 is 1.05 bits per heavy atom. The zero-order valence-electron chi connectivity index (χ0n) is 20.5. The second-order valence-corrected chi connectivity index (χ2v) is 8.94. The van der Waals surface area contributed by atoms with Gasteiger partial charge in [-0.25, -0.2) is 4.39 Å². The number of nitrogens with zero attached hydrogens (tertiary/aromatic N) is 1. The fraction of sp³-hybridized carbons (Fsp3) is 0.321. The van der Waals surface area contributed by atoms with E-state index in [1.165, 1.54) is 26.4 Å². The molecule has 9 heteroatoms. The molecule has 37 heavy (non-hydrogen) atoms. The number of carbonyl (C=O) groups is 1. The first-order valence-corrected chi connectivity index (χ1v) is 11.8. The summed E-state index contributed by atoms with van der Waals surface area (Å²) in [5.74, 6) is -0.879. The van der Waals surface area contributed by atoms with Crippen molar-refractivity contribution in [3.63, 3.8) is 0 Å². The first-order chi connectivity index (χ1) is 17.7. The third kappa shape index (κ3) is 5.41. The molecule has 0 spiro atoms. The van der Waals surface area contributed by atoms with E-state index in [4.69, 9.17) is 15.2 Å². The number of alkyl halides is 3. The number of rotatable bonds is 8. The Labute approximate surface area is 212 Å². The van der Waals surface area contributed by atoms with E-state index in [0.29, 0.717) is 30.0 Å². The second-order valence-electron chi connectivity index (χ2n) is 8.94. The zero-order valence-corrected chi connectivity index (χ0v) is 20.5. The number of nitrogens with two attached hydrogens (primary N) is 1. The van der Waals surface area contributed by atoms with Crippen LogP contribution in [0.25, 0.3) is 0 Å². The van der Waals surface area contributed by atoms with E-state index < -0.39 is 35.5 Å². The molecular formula is C28H28F4N2O3. The van der Waals surface area contributed by atoms with Gasteiger partial charge < -0.3 is 15.2 Å². The third-order valence-corrected chi connectivity index (χ3v) is 6.83. The summed E-state index contributed by atoms with van der Waals surface area (Å²) < 4.78 is 66.2. The molecule has 5 nitrogen and oxygen atoms in total. The van der Waals surface area contributed by atoms with Crippen molar-refractivity contribution in [3.8, 4) is 11.5 Å². The highest BCUT2D eigenvalue weighted by molar-refractivity contribution is 5.81. The molecule has 0 bridgehead atoms.